The van der Waals surface area contributed by atoms with Gasteiger partial charge in [-0.25, -0.2) is 0 Å². The fourth-order valence-corrected chi connectivity index (χ4v) is 3.07. The average molecular weight is 188 g/mol. The summed E-state index contributed by atoms with van der Waals surface area (Å²) in [6.45, 7) is 4.66. The van der Waals surface area contributed by atoms with Crippen LogP contribution in [0.2, 0.25) is 0 Å². The Balaban J connectivity index is 2.23. The minimum absolute atomic E-state index is 0.367. The molecule has 1 aromatic heterocycles. The predicted molar refractivity (Wildman–Crippen MR) is 58.7 cm³/mol. The van der Waals surface area contributed by atoms with Gasteiger partial charge in [-0.05, 0) is 50.9 Å². The van der Waals surface area contributed by atoms with Crippen molar-refractivity contribution < 1.29 is 0 Å². The van der Waals surface area contributed by atoms with Crippen molar-refractivity contribution in [2.24, 2.45) is 5.41 Å². The smallest absolute Gasteiger partial charge is 0.000430 e. The maximum atomic E-state index is 2.39. The van der Waals surface area contributed by atoms with Crippen LogP contribution in [0.4, 0.5) is 0 Å². The van der Waals surface area contributed by atoms with Gasteiger partial charge >= 0.3 is 0 Å². The number of fused-ring (bicyclic) bond motifs is 3. The standard InChI is InChI=1S/C12H12S/c1-12(2)4-3-9-10-7-13-6-8(10)5-11(9)12/h3,5-7H,4H2,1-2H3. The van der Waals surface area contributed by atoms with E-state index in [-0.39, 0.29) is 0 Å². The third-order valence-corrected chi connectivity index (χ3v) is 3.88. The fourth-order valence-electron chi connectivity index (χ4n) is 2.26. The molecule has 0 spiro atoms. The fraction of sp³-hybridized carbons (Fsp3) is 0.333. The molecule has 0 nitrogen and oxygen atoms in total. The van der Waals surface area contributed by atoms with Crippen LogP contribution in [0, 0.1) is 5.41 Å². The molecule has 66 valence electrons. The molecule has 1 heterocycles. The molecule has 0 saturated heterocycles. The van der Waals surface area contributed by atoms with Gasteiger partial charge in [-0.2, -0.15) is 11.3 Å². The third kappa shape index (κ3) is 0.856. The van der Waals surface area contributed by atoms with Crippen molar-refractivity contribution in [3.8, 4) is 0 Å². The van der Waals surface area contributed by atoms with Crippen LogP contribution in [0.5, 0.6) is 0 Å². The molecule has 0 N–H and O–H groups in total. The molecule has 0 unspecified atom stereocenters. The van der Waals surface area contributed by atoms with E-state index >= 15 is 0 Å². The molecule has 2 aliphatic carbocycles. The Hall–Kier alpha value is -0.820. The monoisotopic (exact) mass is 188 g/mol. The van der Waals surface area contributed by atoms with Crippen molar-refractivity contribution in [1.29, 1.82) is 0 Å². The van der Waals surface area contributed by atoms with Gasteiger partial charge in [-0.15, -0.1) is 0 Å². The first kappa shape index (κ1) is 7.57. The summed E-state index contributed by atoms with van der Waals surface area (Å²) in [4.78, 5) is 0. The summed E-state index contributed by atoms with van der Waals surface area (Å²) in [6, 6.07) is 0. The highest BCUT2D eigenvalue weighted by atomic mass is 32.1. The van der Waals surface area contributed by atoms with E-state index in [1.165, 1.54) is 23.1 Å². The molecule has 0 fully saturated rings. The van der Waals surface area contributed by atoms with Crippen molar-refractivity contribution in [3.63, 3.8) is 0 Å². The van der Waals surface area contributed by atoms with E-state index in [4.69, 9.17) is 0 Å². The van der Waals surface area contributed by atoms with Crippen LogP contribution in [0.25, 0.3) is 11.6 Å². The molecule has 1 heteroatoms. The lowest BCUT2D eigenvalue weighted by Crippen LogP contribution is -2.07. The Kier molecular flexibility index (Phi) is 1.26. The summed E-state index contributed by atoms with van der Waals surface area (Å²) in [7, 11) is 0. The second-order valence-electron chi connectivity index (χ2n) is 4.50. The zero-order chi connectivity index (χ0) is 9.05. The SMILES string of the molecule is CC1(C)CC=C2C1=Cc1cscc12. The quantitative estimate of drug-likeness (QED) is 0.578. The molecule has 0 bridgehead atoms. The summed E-state index contributed by atoms with van der Waals surface area (Å²) in [5, 5.41) is 4.52. The predicted octanol–water partition coefficient (Wildman–Crippen LogP) is 3.96. The van der Waals surface area contributed by atoms with Gasteiger partial charge in [0.1, 0.15) is 0 Å². The second-order valence-corrected chi connectivity index (χ2v) is 5.25. The number of allylic oxidation sites excluding steroid dienone is 3. The van der Waals surface area contributed by atoms with E-state index in [9.17, 15) is 0 Å². The van der Waals surface area contributed by atoms with Gasteiger partial charge < -0.3 is 0 Å². The largest absolute Gasteiger partial charge is 0.151 e. The van der Waals surface area contributed by atoms with E-state index in [1.807, 2.05) is 0 Å². The molecular formula is C12H12S. The van der Waals surface area contributed by atoms with Gasteiger partial charge in [0.15, 0.2) is 0 Å². The summed E-state index contributed by atoms with van der Waals surface area (Å²) < 4.78 is 0. The highest BCUT2D eigenvalue weighted by molar-refractivity contribution is 7.08. The topological polar surface area (TPSA) is 0 Å². The van der Waals surface area contributed by atoms with E-state index in [0.29, 0.717) is 5.41 Å². The van der Waals surface area contributed by atoms with Gasteiger partial charge in [-0.1, -0.05) is 19.9 Å². The molecule has 2 aliphatic rings. The van der Waals surface area contributed by atoms with Crippen molar-refractivity contribution in [1.82, 2.24) is 0 Å². The van der Waals surface area contributed by atoms with Crippen LogP contribution in [-0.2, 0) is 0 Å². The first-order valence-corrected chi connectivity index (χ1v) is 5.62. The number of hydrogen-bond acceptors (Lipinski definition) is 1. The van der Waals surface area contributed by atoms with Crippen LogP contribution in [-0.4, -0.2) is 0 Å². The zero-order valence-corrected chi connectivity index (χ0v) is 8.74. The molecule has 0 saturated carbocycles. The number of hydrogen-bond donors (Lipinski definition) is 0. The summed E-state index contributed by atoms with van der Waals surface area (Å²) >= 11 is 1.81. The second kappa shape index (κ2) is 2.16. The van der Waals surface area contributed by atoms with Crippen LogP contribution in [0.1, 0.15) is 31.4 Å². The first-order chi connectivity index (χ1) is 6.18. The molecule has 0 aliphatic heterocycles. The summed E-state index contributed by atoms with van der Waals surface area (Å²) in [6.07, 6.45) is 5.96. The van der Waals surface area contributed by atoms with Gasteiger partial charge in [0.25, 0.3) is 0 Å². The normalized spacial score (nSPS) is 22.3. The minimum atomic E-state index is 0.367. The lowest BCUT2D eigenvalue weighted by Gasteiger charge is -2.19. The lowest BCUT2D eigenvalue weighted by atomic mass is 9.85. The van der Waals surface area contributed by atoms with Crippen molar-refractivity contribution in [3.05, 3.63) is 33.5 Å². The Morgan fingerprint density at radius 3 is 3.00 bits per heavy atom. The number of thiophene rings is 1. The maximum absolute atomic E-state index is 2.39. The molecule has 1 aromatic rings. The van der Waals surface area contributed by atoms with E-state index < -0.39 is 0 Å². The van der Waals surface area contributed by atoms with E-state index in [1.54, 1.807) is 16.9 Å². The first-order valence-electron chi connectivity index (χ1n) is 4.68. The molecule has 3 rings (SSSR count). The van der Waals surface area contributed by atoms with Gasteiger partial charge in [-0.3, -0.25) is 0 Å². The van der Waals surface area contributed by atoms with Crippen LogP contribution >= 0.6 is 11.3 Å². The lowest BCUT2D eigenvalue weighted by molar-refractivity contribution is 0.488. The Morgan fingerprint density at radius 2 is 2.15 bits per heavy atom. The Bertz CT molecular complexity index is 430. The van der Waals surface area contributed by atoms with Crippen LogP contribution in [0.3, 0.4) is 0 Å². The van der Waals surface area contributed by atoms with Gasteiger partial charge in [0.2, 0.25) is 0 Å². The molecule has 0 atom stereocenters. The Labute approximate surface area is 82.6 Å². The third-order valence-electron chi connectivity index (χ3n) is 3.12. The van der Waals surface area contributed by atoms with Crippen molar-refractivity contribution in [2.75, 3.05) is 0 Å². The molecular weight excluding hydrogens is 176 g/mol. The average Bonchev–Trinajstić information content (AvgIpc) is 2.63. The van der Waals surface area contributed by atoms with E-state index in [2.05, 4.69) is 36.8 Å². The summed E-state index contributed by atoms with van der Waals surface area (Å²) in [5.41, 5.74) is 6.31. The molecule has 0 aromatic carbocycles. The maximum Gasteiger partial charge on any atom is -0.000430 e. The molecule has 13 heavy (non-hydrogen) atoms. The number of rotatable bonds is 0. The van der Waals surface area contributed by atoms with Gasteiger partial charge in [0.05, 0.1) is 0 Å². The summed E-state index contributed by atoms with van der Waals surface area (Å²) in [5.74, 6) is 0. The zero-order valence-electron chi connectivity index (χ0n) is 7.92. The Morgan fingerprint density at radius 1 is 1.31 bits per heavy atom. The van der Waals surface area contributed by atoms with Crippen LogP contribution in [0.15, 0.2) is 22.4 Å². The minimum Gasteiger partial charge on any atom is -0.151 e. The highest BCUT2D eigenvalue weighted by Gasteiger charge is 2.35. The van der Waals surface area contributed by atoms with Crippen molar-refractivity contribution in [2.45, 2.75) is 20.3 Å². The van der Waals surface area contributed by atoms with Crippen LogP contribution < -0.4 is 0 Å². The van der Waals surface area contributed by atoms with Crippen molar-refractivity contribution >= 4 is 23.0 Å². The van der Waals surface area contributed by atoms with Gasteiger partial charge in [0, 0.05) is 0 Å². The highest BCUT2D eigenvalue weighted by Crippen LogP contribution is 2.52. The molecule has 0 amide bonds. The van der Waals surface area contributed by atoms with E-state index in [0.717, 1.165) is 0 Å². The molecule has 0 radical (unpaired) electrons.